The maximum atomic E-state index is 12.1. The van der Waals surface area contributed by atoms with Crippen molar-refractivity contribution in [2.75, 3.05) is 24.2 Å². The molecule has 25 heavy (non-hydrogen) atoms. The van der Waals surface area contributed by atoms with Gasteiger partial charge >= 0.3 is 0 Å². The van der Waals surface area contributed by atoms with Gasteiger partial charge in [0.25, 0.3) is 0 Å². The number of hydrogen-bond acceptors (Lipinski definition) is 6. The van der Waals surface area contributed by atoms with Crippen LogP contribution in [0.3, 0.4) is 0 Å². The monoisotopic (exact) mass is 361 g/mol. The minimum atomic E-state index is -3.59. The number of rotatable bonds is 6. The van der Waals surface area contributed by atoms with Crippen LogP contribution in [0.5, 0.6) is 5.75 Å². The molecule has 0 amide bonds. The Morgan fingerprint density at radius 2 is 2.16 bits per heavy atom. The van der Waals surface area contributed by atoms with E-state index in [2.05, 4.69) is 22.1 Å². The number of pyridine rings is 1. The highest BCUT2D eigenvalue weighted by molar-refractivity contribution is 7.92. The second-order valence-corrected chi connectivity index (χ2v) is 7.38. The lowest BCUT2D eigenvalue weighted by atomic mass is 9.99. The highest BCUT2D eigenvalue weighted by atomic mass is 32.2. The molecule has 0 aliphatic rings. The summed E-state index contributed by atoms with van der Waals surface area (Å²) in [5.41, 5.74) is 0.863. The number of nitrogens with zero attached hydrogens (tertiary/aromatic N) is 2. The molecule has 0 bridgehead atoms. The van der Waals surface area contributed by atoms with Crippen LogP contribution >= 0.6 is 0 Å². The largest absolute Gasteiger partial charge is 0.505 e. The predicted octanol–water partition coefficient (Wildman–Crippen LogP) is 1.26. The third-order valence-corrected chi connectivity index (χ3v) is 4.95. The Balaban J connectivity index is 2.80. The zero-order valence-electron chi connectivity index (χ0n) is 14.2. The van der Waals surface area contributed by atoms with Gasteiger partial charge in [0.05, 0.1) is 24.1 Å². The van der Waals surface area contributed by atoms with Crippen molar-refractivity contribution in [2.24, 2.45) is 0 Å². The summed E-state index contributed by atoms with van der Waals surface area (Å²) in [5.74, 6) is 5.30. The molecule has 0 unspecified atom stereocenters. The van der Waals surface area contributed by atoms with E-state index in [9.17, 15) is 18.3 Å². The number of hydrogen-bond donors (Lipinski definition) is 2. The smallest absolute Gasteiger partial charge is 0.232 e. The number of anilines is 1. The van der Waals surface area contributed by atoms with Crippen LogP contribution in [0.15, 0.2) is 18.3 Å². The Labute approximate surface area is 146 Å². The second kappa shape index (κ2) is 7.51. The molecule has 0 saturated carbocycles. The number of carbonyl (C=O) groups excluding carboxylic acids is 1. The third kappa shape index (κ3) is 3.73. The van der Waals surface area contributed by atoms with Crippen molar-refractivity contribution in [3.8, 4) is 17.6 Å². The van der Waals surface area contributed by atoms with Crippen LogP contribution in [0.1, 0.15) is 22.8 Å². The first kappa shape index (κ1) is 18.7. The fraction of sp³-hybridized carbons (Fsp3) is 0.294. The van der Waals surface area contributed by atoms with Crippen LogP contribution in [-0.2, 0) is 16.6 Å². The topological polar surface area (TPSA) is 99.6 Å². The molecule has 1 aromatic heterocycles. The molecule has 0 aliphatic carbocycles. The van der Waals surface area contributed by atoms with E-state index >= 15 is 0 Å². The van der Waals surface area contributed by atoms with Gasteiger partial charge in [-0.25, -0.2) is 8.42 Å². The summed E-state index contributed by atoms with van der Waals surface area (Å²) in [4.78, 5) is 15.7. The molecule has 8 heteroatoms. The van der Waals surface area contributed by atoms with Gasteiger partial charge in [-0.1, -0.05) is 5.92 Å². The molecule has 1 heterocycles. The van der Waals surface area contributed by atoms with Gasteiger partial charge in [-0.05, 0) is 19.1 Å². The molecule has 0 saturated heterocycles. The van der Waals surface area contributed by atoms with Crippen LogP contribution in [-0.4, -0.2) is 44.6 Å². The van der Waals surface area contributed by atoms with Crippen LogP contribution in [0.4, 0.5) is 5.69 Å². The van der Waals surface area contributed by atoms with Crippen molar-refractivity contribution in [2.45, 2.75) is 13.5 Å². The minimum Gasteiger partial charge on any atom is -0.505 e. The molecular weight excluding hydrogens is 342 g/mol. The lowest BCUT2D eigenvalue weighted by Gasteiger charge is -2.24. The molecule has 7 nitrogen and oxygen atoms in total. The SMILES string of the molecule is CC#CCNCc1c(C=O)c(O)c2ncccc2c1N(C)S(C)(=O)=O. The average molecular weight is 361 g/mol. The summed E-state index contributed by atoms with van der Waals surface area (Å²) in [6, 6.07) is 3.30. The van der Waals surface area contributed by atoms with Crippen molar-refractivity contribution < 1.29 is 18.3 Å². The first-order chi connectivity index (χ1) is 11.8. The predicted molar refractivity (Wildman–Crippen MR) is 97.2 cm³/mol. The fourth-order valence-corrected chi connectivity index (χ4v) is 3.06. The van der Waals surface area contributed by atoms with Gasteiger partial charge in [0, 0.05) is 30.7 Å². The number of carbonyl (C=O) groups is 1. The summed E-state index contributed by atoms with van der Waals surface area (Å²) >= 11 is 0. The number of aromatic hydroxyl groups is 1. The molecule has 2 N–H and O–H groups in total. The van der Waals surface area contributed by atoms with Gasteiger partial charge in [-0.3, -0.25) is 14.1 Å². The fourth-order valence-electron chi connectivity index (χ4n) is 2.52. The van der Waals surface area contributed by atoms with Crippen LogP contribution in [0, 0.1) is 11.8 Å². The maximum Gasteiger partial charge on any atom is 0.232 e. The Bertz CT molecular complexity index is 975. The van der Waals surface area contributed by atoms with Crippen molar-refractivity contribution in [3.63, 3.8) is 0 Å². The number of nitrogens with one attached hydrogen (secondary N) is 1. The van der Waals surface area contributed by atoms with Crippen molar-refractivity contribution >= 4 is 32.9 Å². The highest BCUT2D eigenvalue weighted by Crippen LogP contribution is 2.39. The van der Waals surface area contributed by atoms with E-state index in [4.69, 9.17) is 0 Å². The van der Waals surface area contributed by atoms with Crippen molar-refractivity contribution in [1.29, 1.82) is 0 Å². The van der Waals surface area contributed by atoms with Crippen LogP contribution in [0.2, 0.25) is 0 Å². The molecule has 132 valence electrons. The molecule has 0 spiro atoms. The molecular formula is C17H19N3O4S. The summed E-state index contributed by atoms with van der Waals surface area (Å²) in [6.45, 7) is 2.23. The first-order valence-electron chi connectivity index (χ1n) is 7.44. The number of aldehydes is 1. The average Bonchev–Trinajstić information content (AvgIpc) is 2.58. The number of phenols is 1. The zero-order valence-corrected chi connectivity index (χ0v) is 15.0. The molecule has 2 aromatic rings. The quantitative estimate of drug-likeness (QED) is 0.456. The summed E-state index contributed by atoms with van der Waals surface area (Å²) in [5, 5.41) is 13.9. The lowest BCUT2D eigenvalue weighted by Crippen LogP contribution is -2.28. The normalized spacial score (nSPS) is 11.0. The van der Waals surface area contributed by atoms with Gasteiger partial charge in [-0.2, -0.15) is 0 Å². The van der Waals surface area contributed by atoms with Crippen LogP contribution < -0.4 is 9.62 Å². The Morgan fingerprint density at radius 1 is 1.44 bits per heavy atom. The maximum absolute atomic E-state index is 12.1. The van der Waals surface area contributed by atoms with Gasteiger partial charge < -0.3 is 10.4 Å². The summed E-state index contributed by atoms with van der Waals surface area (Å²) in [7, 11) is -2.19. The van der Waals surface area contributed by atoms with E-state index in [0.29, 0.717) is 29.5 Å². The van der Waals surface area contributed by atoms with Gasteiger partial charge in [-0.15, -0.1) is 5.92 Å². The van der Waals surface area contributed by atoms with Crippen LogP contribution in [0.25, 0.3) is 10.9 Å². The third-order valence-electron chi connectivity index (χ3n) is 3.78. The summed E-state index contributed by atoms with van der Waals surface area (Å²) < 4.78 is 25.3. The molecule has 1 aromatic carbocycles. The second-order valence-electron chi connectivity index (χ2n) is 5.37. The van der Waals surface area contributed by atoms with E-state index in [1.165, 1.54) is 13.2 Å². The Morgan fingerprint density at radius 3 is 2.76 bits per heavy atom. The van der Waals surface area contributed by atoms with E-state index in [-0.39, 0.29) is 23.4 Å². The number of fused-ring (bicyclic) bond motifs is 1. The van der Waals surface area contributed by atoms with Crippen molar-refractivity contribution in [3.05, 3.63) is 29.5 Å². The highest BCUT2D eigenvalue weighted by Gasteiger charge is 2.25. The molecule has 0 fully saturated rings. The van der Waals surface area contributed by atoms with E-state index in [0.717, 1.165) is 10.6 Å². The zero-order chi connectivity index (χ0) is 18.6. The standard InChI is InChI=1S/C17H19N3O4S/c1-4-5-8-18-10-13-14(11-21)17(22)15-12(7-6-9-19-15)16(13)20(2)25(3,23)24/h6-7,9,11,18,22H,8,10H2,1-3H3. The molecule has 0 aliphatic heterocycles. The van der Waals surface area contributed by atoms with Crippen molar-refractivity contribution in [1.82, 2.24) is 10.3 Å². The number of phenolic OH excluding ortho intramolecular Hbond substituents is 1. The van der Waals surface area contributed by atoms with E-state index < -0.39 is 10.0 Å². The molecule has 0 radical (unpaired) electrons. The van der Waals surface area contributed by atoms with E-state index in [1.807, 2.05) is 0 Å². The lowest BCUT2D eigenvalue weighted by molar-refractivity contribution is 0.112. The summed E-state index contributed by atoms with van der Waals surface area (Å²) in [6.07, 6.45) is 3.05. The van der Waals surface area contributed by atoms with Gasteiger partial charge in [0.1, 0.15) is 5.52 Å². The number of aromatic nitrogens is 1. The minimum absolute atomic E-state index is 0.00802. The van der Waals surface area contributed by atoms with Gasteiger partial charge in [0.15, 0.2) is 12.0 Å². The Hall–Kier alpha value is -2.63. The number of sulfonamides is 1. The first-order valence-corrected chi connectivity index (χ1v) is 9.29. The molecule has 2 rings (SSSR count). The van der Waals surface area contributed by atoms with E-state index in [1.54, 1.807) is 19.1 Å². The van der Waals surface area contributed by atoms with Gasteiger partial charge in [0.2, 0.25) is 10.0 Å². The Kier molecular flexibility index (Phi) is 5.62. The molecule has 0 atom stereocenters. The number of benzene rings is 1.